The topological polar surface area (TPSA) is 46.2 Å². The van der Waals surface area contributed by atoms with Crippen molar-refractivity contribution < 1.29 is 9.59 Å². The van der Waals surface area contributed by atoms with E-state index in [4.69, 9.17) is 11.6 Å². The third kappa shape index (κ3) is 2.28. The van der Waals surface area contributed by atoms with Crippen LogP contribution in [0.1, 0.15) is 11.1 Å². The predicted octanol–water partition coefficient (Wildman–Crippen LogP) is 2.97. The number of amides is 2. The molecule has 1 N–H and O–H groups in total. The van der Waals surface area contributed by atoms with Crippen molar-refractivity contribution in [3.05, 3.63) is 39.3 Å². The molecule has 1 aliphatic heterocycles. The number of nitrogens with one attached hydrogen (secondary N) is 1. The molecule has 0 radical (unpaired) electrons. The highest BCUT2D eigenvalue weighted by Gasteiger charge is 2.24. The first-order valence-electron chi connectivity index (χ1n) is 4.57. The largest absolute Gasteiger partial charge is 0.290 e. The van der Waals surface area contributed by atoms with E-state index in [1.165, 1.54) is 0 Å². The second-order valence-corrected chi connectivity index (χ2v) is 4.80. The van der Waals surface area contributed by atoms with Crippen LogP contribution in [-0.2, 0) is 4.79 Å². The van der Waals surface area contributed by atoms with E-state index in [-0.39, 0.29) is 11.1 Å². The van der Waals surface area contributed by atoms with Crippen molar-refractivity contribution in [1.82, 2.24) is 5.32 Å². The van der Waals surface area contributed by atoms with Gasteiger partial charge in [0.1, 0.15) is 0 Å². The van der Waals surface area contributed by atoms with Crippen LogP contribution in [0.4, 0.5) is 4.79 Å². The Morgan fingerprint density at radius 2 is 2.12 bits per heavy atom. The van der Waals surface area contributed by atoms with Crippen molar-refractivity contribution in [2.45, 2.75) is 6.92 Å². The number of thioether (sulfide) groups is 1. The second-order valence-electron chi connectivity index (χ2n) is 3.35. The molecule has 0 saturated carbocycles. The zero-order valence-electron chi connectivity index (χ0n) is 8.41. The van der Waals surface area contributed by atoms with Crippen LogP contribution in [0.15, 0.2) is 23.1 Å². The van der Waals surface area contributed by atoms with Gasteiger partial charge in [0.2, 0.25) is 0 Å². The molecule has 1 saturated heterocycles. The Morgan fingerprint density at radius 3 is 2.69 bits per heavy atom. The molecule has 1 heterocycles. The molecule has 0 unspecified atom stereocenters. The molecule has 0 spiro atoms. The van der Waals surface area contributed by atoms with Gasteiger partial charge in [0.25, 0.3) is 11.1 Å². The van der Waals surface area contributed by atoms with Crippen molar-refractivity contribution in [1.29, 1.82) is 0 Å². The van der Waals surface area contributed by atoms with Crippen molar-refractivity contribution in [3.63, 3.8) is 0 Å². The summed E-state index contributed by atoms with van der Waals surface area (Å²) >= 11 is 6.74. The molecule has 0 atom stereocenters. The van der Waals surface area contributed by atoms with E-state index in [0.29, 0.717) is 9.93 Å². The highest BCUT2D eigenvalue weighted by molar-refractivity contribution is 8.18. The number of hydrogen-bond acceptors (Lipinski definition) is 3. The van der Waals surface area contributed by atoms with Gasteiger partial charge in [-0.2, -0.15) is 0 Å². The number of benzene rings is 1. The van der Waals surface area contributed by atoms with Crippen molar-refractivity contribution >= 4 is 40.6 Å². The van der Waals surface area contributed by atoms with Gasteiger partial charge >= 0.3 is 0 Å². The van der Waals surface area contributed by atoms with Crippen LogP contribution in [0.25, 0.3) is 6.08 Å². The zero-order chi connectivity index (χ0) is 11.7. The Kier molecular flexibility index (Phi) is 3.03. The van der Waals surface area contributed by atoms with Crippen LogP contribution in [0.5, 0.6) is 0 Å². The molecule has 5 heteroatoms. The molecule has 3 nitrogen and oxygen atoms in total. The molecule has 1 aromatic rings. The summed E-state index contributed by atoms with van der Waals surface area (Å²) in [4.78, 5) is 22.7. The van der Waals surface area contributed by atoms with Gasteiger partial charge in [0, 0.05) is 5.02 Å². The molecule has 0 aliphatic carbocycles. The molecule has 1 aromatic carbocycles. The summed E-state index contributed by atoms with van der Waals surface area (Å²) < 4.78 is 0. The van der Waals surface area contributed by atoms with Crippen molar-refractivity contribution in [2.24, 2.45) is 0 Å². The number of carbonyl (C=O) groups is 2. The summed E-state index contributed by atoms with van der Waals surface area (Å²) in [5.41, 5.74) is 1.85. The number of halogens is 1. The third-order valence-electron chi connectivity index (χ3n) is 2.16. The summed E-state index contributed by atoms with van der Waals surface area (Å²) in [6, 6.07) is 5.38. The van der Waals surface area contributed by atoms with Gasteiger partial charge in [0.05, 0.1) is 4.91 Å². The minimum absolute atomic E-state index is 0.331. The first kappa shape index (κ1) is 11.2. The van der Waals surface area contributed by atoms with Crippen LogP contribution in [0.2, 0.25) is 5.02 Å². The van der Waals surface area contributed by atoms with Gasteiger partial charge in [-0.25, -0.2) is 0 Å². The van der Waals surface area contributed by atoms with Crippen LogP contribution in [0, 0.1) is 6.92 Å². The summed E-state index contributed by atoms with van der Waals surface area (Å²) in [5, 5.41) is 2.53. The van der Waals surface area contributed by atoms with Gasteiger partial charge in [-0.15, -0.1) is 0 Å². The molecular formula is C11H8ClNO2S. The molecule has 82 valence electrons. The number of carbonyl (C=O) groups excluding carboxylic acids is 2. The predicted molar refractivity (Wildman–Crippen MR) is 65.3 cm³/mol. The molecule has 2 amide bonds. The van der Waals surface area contributed by atoms with E-state index in [9.17, 15) is 9.59 Å². The fraction of sp³-hybridized carbons (Fsp3) is 0.0909. The van der Waals surface area contributed by atoms with E-state index >= 15 is 0 Å². The van der Waals surface area contributed by atoms with E-state index in [2.05, 4.69) is 5.32 Å². The molecule has 2 rings (SSSR count). The molecule has 1 aliphatic rings. The lowest BCUT2D eigenvalue weighted by Crippen LogP contribution is -2.17. The van der Waals surface area contributed by atoms with Crippen molar-refractivity contribution in [2.75, 3.05) is 0 Å². The first-order chi connectivity index (χ1) is 7.56. The van der Waals surface area contributed by atoms with Crippen LogP contribution >= 0.6 is 23.4 Å². The Balaban J connectivity index is 2.36. The summed E-state index contributed by atoms with van der Waals surface area (Å²) in [7, 11) is 0. The number of hydrogen-bond donors (Lipinski definition) is 1. The molecule has 16 heavy (non-hydrogen) atoms. The van der Waals surface area contributed by atoms with Crippen molar-refractivity contribution in [3.8, 4) is 0 Å². The number of rotatable bonds is 1. The van der Waals surface area contributed by atoms with Gasteiger partial charge in [-0.05, 0) is 48.0 Å². The Hall–Kier alpha value is -1.26. The second kappa shape index (κ2) is 4.31. The minimum atomic E-state index is -0.343. The average Bonchev–Trinajstić information content (AvgIpc) is 2.50. The Labute approximate surface area is 102 Å². The Bertz CT molecular complexity index is 511. The van der Waals surface area contributed by atoms with E-state index in [1.54, 1.807) is 12.1 Å². The lowest BCUT2D eigenvalue weighted by molar-refractivity contribution is -0.115. The number of aryl methyl sites for hydroxylation is 1. The summed E-state index contributed by atoms with van der Waals surface area (Å²) in [6.07, 6.45) is 1.69. The highest BCUT2D eigenvalue weighted by atomic mass is 35.5. The molecule has 0 aromatic heterocycles. The smallest absolute Gasteiger partial charge is 0.282 e. The van der Waals surface area contributed by atoms with E-state index in [0.717, 1.165) is 22.9 Å². The van der Waals surface area contributed by atoms with Crippen LogP contribution in [0.3, 0.4) is 0 Å². The quantitative estimate of drug-likeness (QED) is 0.783. The standard InChI is InChI=1S/C11H8ClNO2S/c1-6-4-8(12)3-2-7(6)5-9-10(14)13-11(15)16-9/h2-5H,1H3,(H,13,14,15). The van der Waals surface area contributed by atoms with Gasteiger partial charge in [-0.1, -0.05) is 17.7 Å². The van der Waals surface area contributed by atoms with E-state index < -0.39 is 0 Å². The molecule has 1 fully saturated rings. The molecular weight excluding hydrogens is 246 g/mol. The monoisotopic (exact) mass is 253 g/mol. The Morgan fingerprint density at radius 1 is 1.38 bits per heavy atom. The zero-order valence-corrected chi connectivity index (χ0v) is 9.98. The maximum absolute atomic E-state index is 11.3. The first-order valence-corrected chi connectivity index (χ1v) is 5.77. The van der Waals surface area contributed by atoms with Crippen LogP contribution in [-0.4, -0.2) is 11.1 Å². The summed E-state index contributed by atoms with van der Waals surface area (Å²) in [5.74, 6) is -0.343. The summed E-state index contributed by atoms with van der Waals surface area (Å²) in [6.45, 7) is 1.90. The fourth-order valence-corrected chi connectivity index (χ4v) is 2.26. The third-order valence-corrected chi connectivity index (χ3v) is 3.21. The number of imide groups is 1. The SMILES string of the molecule is Cc1cc(Cl)ccc1C=C1SC(=O)NC1=O. The van der Waals surface area contributed by atoms with Crippen LogP contribution < -0.4 is 5.32 Å². The lowest BCUT2D eigenvalue weighted by Gasteiger charge is -2.01. The van der Waals surface area contributed by atoms with Gasteiger partial charge < -0.3 is 0 Å². The maximum atomic E-state index is 11.3. The minimum Gasteiger partial charge on any atom is -0.282 e. The lowest BCUT2D eigenvalue weighted by atomic mass is 10.1. The maximum Gasteiger partial charge on any atom is 0.290 e. The van der Waals surface area contributed by atoms with Gasteiger partial charge in [0.15, 0.2) is 0 Å². The van der Waals surface area contributed by atoms with E-state index in [1.807, 2.05) is 19.1 Å². The highest BCUT2D eigenvalue weighted by Crippen LogP contribution is 2.27. The fourth-order valence-electron chi connectivity index (χ4n) is 1.36. The average molecular weight is 254 g/mol. The van der Waals surface area contributed by atoms with Gasteiger partial charge in [-0.3, -0.25) is 14.9 Å². The molecule has 0 bridgehead atoms. The normalized spacial score (nSPS) is 18.0.